The smallest absolute Gasteiger partial charge is 0.0273 e. The second-order valence-electron chi connectivity index (χ2n) is 5.42. The van der Waals surface area contributed by atoms with Gasteiger partial charge >= 0.3 is 0 Å². The van der Waals surface area contributed by atoms with Crippen molar-refractivity contribution >= 4 is 22.1 Å². The summed E-state index contributed by atoms with van der Waals surface area (Å²) in [5.74, 6) is 0.451. The summed E-state index contributed by atoms with van der Waals surface area (Å²) in [6, 6.07) is 9.41. The van der Waals surface area contributed by atoms with Crippen LogP contribution in [0.25, 0.3) is 0 Å². The molecule has 2 nitrogen and oxygen atoms in total. The predicted octanol–water partition coefficient (Wildman–Crippen LogP) is 4.11. The van der Waals surface area contributed by atoms with E-state index in [1.807, 2.05) is 7.05 Å². The summed E-state index contributed by atoms with van der Waals surface area (Å²) in [5.41, 5.74) is 1.37. The van der Waals surface area contributed by atoms with Crippen LogP contribution < -0.4 is 0 Å². The molecule has 0 aromatic heterocycles. The van der Waals surface area contributed by atoms with Crippen LogP contribution in [0.2, 0.25) is 0 Å². The Morgan fingerprint density at radius 1 is 1.42 bits per heavy atom. The summed E-state index contributed by atoms with van der Waals surface area (Å²) in [6.07, 6.45) is 7.26. The average Bonchev–Trinajstić information content (AvgIpc) is 2.81. The van der Waals surface area contributed by atoms with E-state index in [4.69, 9.17) is 0 Å². The molecule has 0 aliphatic carbocycles. The van der Waals surface area contributed by atoms with Crippen LogP contribution in [0.4, 0.5) is 0 Å². The Hall–Kier alpha value is -0.670. The van der Waals surface area contributed by atoms with E-state index < -0.39 is 0 Å². The third-order valence-corrected chi connectivity index (χ3v) is 4.64. The Labute approximate surface area is 125 Å². The van der Waals surface area contributed by atoms with Gasteiger partial charge in [0.2, 0.25) is 0 Å². The summed E-state index contributed by atoms with van der Waals surface area (Å²) in [7, 11) is 4.12. The molecule has 2 unspecified atom stereocenters. The van der Waals surface area contributed by atoms with E-state index in [0.717, 1.165) is 10.5 Å². The Bertz CT molecular complexity index is 413. The minimum atomic E-state index is 0.451. The minimum absolute atomic E-state index is 0.451. The second-order valence-corrected chi connectivity index (χ2v) is 6.33. The van der Waals surface area contributed by atoms with Crippen LogP contribution >= 0.6 is 15.9 Å². The van der Waals surface area contributed by atoms with Crippen molar-refractivity contribution < 1.29 is 0 Å². The number of benzene rings is 1. The molecular formula is C16H23BrN2. The van der Waals surface area contributed by atoms with Gasteiger partial charge in [-0.25, -0.2) is 0 Å². The van der Waals surface area contributed by atoms with Crippen LogP contribution in [0.15, 0.2) is 33.7 Å². The SMILES string of the molecule is CN=CC(CCC1CCCN1C)c1ccc(Br)cc1. The number of aliphatic imine (C=N–C) groups is 1. The molecule has 1 aliphatic heterocycles. The van der Waals surface area contributed by atoms with Crippen molar-refractivity contribution in [2.24, 2.45) is 4.99 Å². The molecule has 0 bridgehead atoms. The lowest BCUT2D eigenvalue weighted by molar-refractivity contribution is 0.290. The van der Waals surface area contributed by atoms with Crippen molar-refractivity contribution in [1.82, 2.24) is 4.90 Å². The number of rotatable bonds is 5. The van der Waals surface area contributed by atoms with Gasteiger partial charge in [0, 0.05) is 29.7 Å². The molecule has 1 aromatic carbocycles. The number of hydrogen-bond donors (Lipinski definition) is 0. The fraction of sp³-hybridized carbons (Fsp3) is 0.562. The van der Waals surface area contributed by atoms with Gasteiger partial charge in [-0.05, 0) is 57.0 Å². The van der Waals surface area contributed by atoms with Crippen LogP contribution in [0, 0.1) is 0 Å². The first-order chi connectivity index (χ1) is 9.20. The van der Waals surface area contributed by atoms with E-state index in [0.29, 0.717) is 5.92 Å². The summed E-state index contributed by atoms with van der Waals surface area (Å²) in [4.78, 5) is 6.75. The van der Waals surface area contributed by atoms with E-state index >= 15 is 0 Å². The number of nitrogens with zero attached hydrogens (tertiary/aromatic N) is 2. The molecule has 0 saturated carbocycles. The second kappa shape index (κ2) is 7.20. The lowest BCUT2D eigenvalue weighted by atomic mass is 9.93. The molecule has 0 radical (unpaired) electrons. The first-order valence-electron chi connectivity index (χ1n) is 7.08. The average molecular weight is 323 g/mol. The monoisotopic (exact) mass is 322 g/mol. The Balaban J connectivity index is 1.98. The van der Waals surface area contributed by atoms with Crippen LogP contribution in [-0.2, 0) is 0 Å². The summed E-state index contributed by atoms with van der Waals surface area (Å²) < 4.78 is 1.14. The molecule has 3 heteroatoms. The standard InChI is InChI=1S/C16H23BrN2/c1-18-12-14(13-5-8-15(17)9-6-13)7-10-16-4-3-11-19(16)2/h5-6,8-9,12,14,16H,3-4,7,10-11H2,1-2H3. The highest BCUT2D eigenvalue weighted by Crippen LogP contribution is 2.26. The maximum Gasteiger partial charge on any atom is 0.0273 e. The van der Waals surface area contributed by atoms with Crippen molar-refractivity contribution in [1.29, 1.82) is 0 Å². The van der Waals surface area contributed by atoms with Gasteiger partial charge < -0.3 is 9.89 Å². The van der Waals surface area contributed by atoms with Crippen LogP contribution in [-0.4, -0.2) is 37.8 Å². The molecule has 0 amide bonds. The highest BCUT2D eigenvalue weighted by Gasteiger charge is 2.21. The van der Waals surface area contributed by atoms with E-state index in [-0.39, 0.29) is 0 Å². The fourth-order valence-electron chi connectivity index (χ4n) is 2.93. The van der Waals surface area contributed by atoms with Crippen molar-refractivity contribution in [2.45, 2.75) is 37.6 Å². The number of likely N-dealkylation sites (tertiary alicyclic amines) is 1. The summed E-state index contributed by atoms with van der Waals surface area (Å²) >= 11 is 3.49. The quantitative estimate of drug-likeness (QED) is 0.745. The summed E-state index contributed by atoms with van der Waals surface area (Å²) in [5, 5.41) is 0. The Morgan fingerprint density at radius 3 is 2.74 bits per heavy atom. The van der Waals surface area contributed by atoms with Gasteiger partial charge in [0.1, 0.15) is 0 Å². The van der Waals surface area contributed by atoms with E-state index in [2.05, 4.69) is 63.3 Å². The molecule has 104 valence electrons. The predicted molar refractivity (Wildman–Crippen MR) is 86.2 cm³/mol. The molecule has 1 heterocycles. The third-order valence-electron chi connectivity index (χ3n) is 4.11. The fourth-order valence-corrected chi connectivity index (χ4v) is 3.20. The largest absolute Gasteiger partial charge is 0.303 e. The van der Waals surface area contributed by atoms with E-state index in [1.165, 1.54) is 37.8 Å². The molecule has 19 heavy (non-hydrogen) atoms. The lowest BCUT2D eigenvalue weighted by Crippen LogP contribution is -2.25. The van der Waals surface area contributed by atoms with Crippen LogP contribution in [0.3, 0.4) is 0 Å². The van der Waals surface area contributed by atoms with E-state index in [1.54, 1.807) is 0 Å². The number of hydrogen-bond acceptors (Lipinski definition) is 2. The zero-order valence-electron chi connectivity index (χ0n) is 11.8. The van der Waals surface area contributed by atoms with E-state index in [9.17, 15) is 0 Å². The van der Waals surface area contributed by atoms with Gasteiger partial charge in [0.15, 0.2) is 0 Å². The van der Waals surface area contributed by atoms with Crippen molar-refractivity contribution in [3.05, 3.63) is 34.3 Å². The lowest BCUT2D eigenvalue weighted by Gasteiger charge is -2.21. The topological polar surface area (TPSA) is 15.6 Å². The van der Waals surface area contributed by atoms with Gasteiger partial charge in [0.25, 0.3) is 0 Å². The molecule has 0 spiro atoms. The zero-order chi connectivity index (χ0) is 13.7. The third kappa shape index (κ3) is 4.15. The Kier molecular flexibility index (Phi) is 5.59. The van der Waals surface area contributed by atoms with Crippen molar-refractivity contribution in [3.63, 3.8) is 0 Å². The Morgan fingerprint density at radius 2 is 2.16 bits per heavy atom. The van der Waals surface area contributed by atoms with Crippen molar-refractivity contribution in [2.75, 3.05) is 20.6 Å². The highest BCUT2D eigenvalue weighted by molar-refractivity contribution is 9.10. The maximum atomic E-state index is 4.25. The molecular weight excluding hydrogens is 300 g/mol. The van der Waals surface area contributed by atoms with Crippen LogP contribution in [0.5, 0.6) is 0 Å². The normalized spacial score (nSPS) is 22.2. The molecule has 1 aromatic rings. The van der Waals surface area contributed by atoms with Gasteiger partial charge in [-0.2, -0.15) is 0 Å². The summed E-state index contributed by atoms with van der Waals surface area (Å²) in [6.45, 7) is 1.26. The molecule has 1 aliphatic rings. The van der Waals surface area contributed by atoms with Crippen LogP contribution in [0.1, 0.15) is 37.2 Å². The molecule has 1 fully saturated rings. The first kappa shape index (κ1) is 14.7. The maximum absolute atomic E-state index is 4.25. The molecule has 2 atom stereocenters. The number of halogens is 1. The van der Waals surface area contributed by atoms with Crippen molar-refractivity contribution in [3.8, 4) is 0 Å². The first-order valence-corrected chi connectivity index (χ1v) is 7.88. The zero-order valence-corrected chi connectivity index (χ0v) is 13.4. The van der Waals surface area contributed by atoms with Gasteiger partial charge in [-0.1, -0.05) is 28.1 Å². The molecule has 0 N–H and O–H groups in total. The van der Waals surface area contributed by atoms with Gasteiger partial charge in [-0.3, -0.25) is 0 Å². The highest BCUT2D eigenvalue weighted by atomic mass is 79.9. The minimum Gasteiger partial charge on any atom is -0.303 e. The molecule has 2 rings (SSSR count). The van der Waals surface area contributed by atoms with Gasteiger partial charge in [0.05, 0.1) is 0 Å². The molecule has 1 saturated heterocycles. The van der Waals surface area contributed by atoms with Gasteiger partial charge in [-0.15, -0.1) is 0 Å².